The van der Waals surface area contributed by atoms with Crippen LogP contribution in [0.1, 0.15) is 22.3 Å². The van der Waals surface area contributed by atoms with E-state index in [9.17, 15) is 0 Å². The van der Waals surface area contributed by atoms with E-state index in [1.165, 1.54) is 11.1 Å². The fraction of sp³-hybridized carbons (Fsp3) is 0.125. The lowest BCUT2D eigenvalue weighted by Gasteiger charge is -2.10. The van der Waals surface area contributed by atoms with Crippen molar-refractivity contribution in [1.29, 1.82) is 0 Å². The van der Waals surface area contributed by atoms with Gasteiger partial charge < -0.3 is 4.74 Å². The Morgan fingerprint density at radius 1 is 0.941 bits per heavy atom. The number of methoxy groups -OCH3 is 1. The molecule has 82 valence electrons. The van der Waals surface area contributed by atoms with Crippen LogP contribution < -0.4 is 4.74 Å². The second kappa shape index (κ2) is 3.99. The lowest BCUT2D eigenvalue weighted by molar-refractivity contribution is 0.410. The largest absolute Gasteiger partial charge is 0.496 e. The molecule has 17 heavy (non-hydrogen) atoms. The highest BCUT2D eigenvalue weighted by atomic mass is 16.5. The molecule has 0 fully saturated rings. The number of benzene rings is 2. The number of fused-ring (bicyclic) bond motifs is 2. The molecule has 1 aliphatic carbocycles. The van der Waals surface area contributed by atoms with Crippen LogP contribution >= 0.6 is 0 Å². The van der Waals surface area contributed by atoms with Crippen LogP contribution in [0.3, 0.4) is 0 Å². The lowest BCUT2D eigenvalue weighted by Crippen LogP contribution is -1.97. The Bertz CT molecular complexity index is 629. The number of rotatable bonds is 1. The van der Waals surface area contributed by atoms with Gasteiger partial charge in [0, 0.05) is 23.1 Å². The summed E-state index contributed by atoms with van der Waals surface area (Å²) in [4.78, 5) is 0. The van der Waals surface area contributed by atoms with Crippen LogP contribution in [0.15, 0.2) is 42.5 Å². The summed E-state index contributed by atoms with van der Waals surface area (Å²) < 4.78 is 5.42. The maximum absolute atomic E-state index is 5.42. The maximum atomic E-state index is 5.42. The van der Waals surface area contributed by atoms with Crippen LogP contribution in [-0.4, -0.2) is 7.11 Å². The van der Waals surface area contributed by atoms with E-state index in [1.54, 1.807) is 7.11 Å². The fourth-order valence-electron chi connectivity index (χ4n) is 2.18. The zero-order valence-corrected chi connectivity index (χ0v) is 9.66. The summed E-state index contributed by atoms with van der Waals surface area (Å²) in [7, 11) is 1.71. The third kappa shape index (κ3) is 1.68. The molecule has 0 N–H and O–H groups in total. The van der Waals surface area contributed by atoms with E-state index in [-0.39, 0.29) is 0 Å². The summed E-state index contributed by atoms with van der Waals surface area (Å²) in [6.45, 7) is 0. The highest BCUT2D eigenvalue weighted by Gasteiger charge is 2.12. The molecule has 0 saturated carbocycles. The quantitative estimate of drug-likeness (QED) is 0.573. The minimum Gasteiger partial charge on any atom is -0.496 e. The molecule has 2 aromatic carbocycles. The van der Waals surface area contributed by atoms with Crippen LogP contribution in [-0.2, 0) is 6.42 Å². The minimum absolute atomic E-state index is 0.871. The van der Waals surface area contributed by atoms with Crippen molar-refractivity contribution in [1.82, 2.24) is 0 Å². The Kier molecular flexibility index (Phi) is 2.34. The van der Waals surface area contributed by atoms with Gasteiger partial charge >= 0.3 is 0 Å². The molecule has 0 amide bonds. The van der Waals surface area contributed by atoms with Crippen molar-refractivity contribution in [3.63, 3.8) is 0 Å². The van der Waals surface area contributed by atoms with Crippen molar-refractivity contribution < 1.29 is 4.74 Å². The van der Waals surface area contributed by atoms with Crippen LogP contribution in [0.4, 0.5) is 0 Å². The van der Waals surface area contributed by atoms with Crippen molar-refractivity contribution in [2.75, 3.05) is 7.11 Å². The van der Waals surface area contributed by atoms with Crippen molar-refractivity contribution in [3.8, 4) is 17.6 Å². The molecule has 1 heteroatoms. The van der Waals surface area contributed by atoms with Gasteiger partial charge in [-0.3, -0.25) is 0 Å². The molecule has 1 aliphatic rings. The molecule has 0 heterocycles. The van der Waals surface area contributed by atoms with E-state index in [2.05, 4.69) is 36.1 Å². The van der Waals surface area contributed by atoms with E-state index in [0.29, 0.717) is 0 Å². The molecule has 0 unspecified atom stereocenters. The van der Waals surface area contributed by atoms with Crippen molar-refractivity contribution >= 4 is 0 Å². The molecule has 1 nitrogen and oxygen atoms in total. The molecule has 0 atom stereocenters. The molecule has 2 aromatic rings. The van der Waals surface area contributed by atoms with E-state index < -0.39 is 0 Å². The van der Waals surface area contributed by atoms with Gasteiger partial charge in [-0.1, -0.05) is 36.1 Å². The van der Waals surface area contributed by atoms with Gasteiger partial charge in [-0.2, -0.15) is 0 Å². The van der Waals surface area contributed by atoms with Crippen molar-refractivity contribution in [2.45, 2.75) is 6.42 Å². The first kappa shape index (κ1) is 9.99. The summed E-state index contributed by atoms with van der Waals surface area (Å²) >= 11 is 0. The van der Waals surface area contributed by atoms with Gasteiger partial charge in [0.05, 0.1) is 7.11 Å². The van der Waals surface area contributed by atoms with E-state index in [4.69, 9.17) is 4.74 Å². The summed E-state index contributed by atoms with van der Waals surface area (Å²) in [6, 6.07) is 14.3. The highest BCUT2D eigenvalue weighted by molar-refractivity contribution is 5.58. The monoisotopic (exact) mass is 220 g/mol. The van der Waals surface area contributed by atoms with Crippen LogP contribution in [0, 0.1) is 11.8 Å². The average molecular weight is 220 g/mol. The SMILES string of the molecule is COc1cccc2c1Cc1ccccc1C#C2. The number of hydrogen-bond acceptors (Lipinski definition) is 1. The first-order chi connectivity index (χ1) is 8.38. The summed E-state index contributed by atoms with van der Waals surface area (Å²) in [6.07, 6.45) is 0.871. The van der Waals surface area contributed by atoms with Crippen LogP contribution in [0.5, 0.6) is 5.75 Å². The zero-order valence-electron chi connectivity index (χ0n) is 9.66. The Balaban J connectivity index is 2.21. The van der Waals surface area contributed by atoms with Gasteiger partial charge in [0.25, 0.3) is 0 Å². The van der Waals surface area contributed by atoms with Gasteiger partial charge in [0.2, 0.25) is 0 Å². The Hall–Kier alpha value is -2.20. The molecule has 0 bridgehead atoms. The second-order valence-electron chi connectivity index (χ2n) is 4.07. The summed E-state index contributed by atoms with van der Waals surface area (Å²) in [5.41, 5.74) is 4.64. The standard InChI is InChI=1S/C16H12O/c1-17-16-8-4-7-13-10-9-12-5-2-3-6-14(12)11-15(13)16/h2-8H,11H2,1H3. The third-order valence-corrected chi connectivity index (χ3v) is 3.07. The lowest BCUT2D eigenvalue weighted by atomic mass is 9.99. The van der Waals surface area contributed by atoms with Crippen molar-refractivity contribution in [3.05, 3.63) is 64.7 Å². The van der Waals surface area contributed by atoms with Gasteiger partial charge in [0.15, 0.2) is 0 Å². The Morgan fingerprint density at radius 2 is 1.71 bits per heavy atom. The molecule has 0 aliphatic heterocycles. The zero-order chi connectivity index (χ0) is 11.7. The fourth-order valence-corrected chi connectivity index (χ4v) is 2.18. The molecular weight excluding hydrogens is 208 g/mol. The van der Waals surface area contributed by atoms with E-state index in [1.807, 2.05) is 18.2 Å². The predicted molar refractivity (Wildman–Crippen MR) is 68.2 cm³/mol. The predicted octanol–water partition coefficient (Wildman–Crippen LogP) is 3.00. The Morgan fingerprint density at radius 3 is 2.59 bits per heavy atom. The Labute approximate surface area is 101 Å². The molecule has 3 rings (SSSR count). The van der Waals surface area contributed by atoms with Gasteiger partial charge in [-0.05, 0) is 23.8 Å². The first-order valence-corrected chi connectivity index (χ1v) is 5.64. The first-order valence-electron chi connectivity index (χ1n) is 5.64. The maximum Gasteiger partial charge on any atom is 0.123 e. The van der Waals surface area contributed by atoms with Gasteiger partial charge in [-0.15, -0.1) is 0 Å². The summed E-state index contributed by atoms with van der Waals surface area (Å²) in [5, 5.41) is 0. The molecule has 0 aromatic heterocycles. The third-order valence-electron chi connectivity index (χ3n) is 3.07. The normalized spacial score (nSPS) is 11.6. The molecule has 0 saturated heterocycles. The van der Waals surface area contributed by atoms with Crippen LogP contribution in [0.25, 0.3) is 0 Å². The highest BCUT2D eigenvalue weighted by Crippen LogP contribution is 2.27. The molecule has 0 radical (unpaired) electrons. The van der Waals surface area contributed by atoms with Gasteiger partial charge in [0.1, 0.15) is 5.75 Å². The van der Waals surface area contributed by atoms with Crippen LogP contribution in [0.2, 0.25) is 0 Å². The number of hydrogen-bond donors (Lipinski definition) is 0. The average Bonchev–Trinajstić information content (AvgIpc) is 2.57. The topological polar surface area (TPSA) is 9.23 Å². The molecule has 0 spiro atoms. The number of ether oxygens (including phenoxy) is 1. The van der Waals surface area contributed by atoms with Crippen molar-refractivity contribution in [2.24, 2.45) is 0 Å². The smallest absolute Gasteiger partial charge is 0.123 e. The minimum atomic E-state index is 0.871. The second-order valence-corrected chi connectivity index (χ2v) is 4.07. The van der Waals surface area contributed by atoms with E-state index >= 15 is 0 Å². The van der Waals surface area contributed by atoms with E-state index in [0.717, 1.165) is 23.3 Å². The summed E-state index contributed by atoms with van der Waals surface area (Å²) in [5.74, 6) is 7.38. The van der Waals surface area contributed by atoms with Gasteiger partial charge in [-0.25, -0.2) is 0 Å². The molecular formula is C16H12O.